The van der Waals surface area contributed by atoms with E-state index in [4.69, 9.17) is 16.3 Å². The molecule has 0 aliphatic rings. The maximum Gasteiger partial charge on any atom is 0.0717 e. The molecule has 1 nitrogen and oxygen atoms in total. The van der Waals surface area contributed by atoms with Crippen molar-refractivity contribution in [3.63, 3.8) is 0 Å². The largest absolute Gasteiger partial charge is 0.377 e. The molecule has 1 rings (SSSR count). The highest BCUT2D eigenvalue weighted by Gasteiger charge is 1.94. The van der Waals surface area contributed by atoms with Gasteiger partial charge in [-0.2, -0.15) is 0 Å². The molecule has 0 aliphatic heterocycles. The minimum Gasteiger partial charge on any atom is -0.377 e. The molecule has 0 saturated carbocycles. The number of halogens is 2. The van der Waals surface area contributed by atoms with Crippen LogP contribution < -0.4 is 0 Å². The summed E-state index contributed by atoms with van der Waals surface area (Å²) in [6.07, 6.45) is 2.27. The van der Waals surface area contributed by atoms with E-state index in [9.17, 15) is 0 Å². The molecule has 0 amide bonds. The van der Waals surface area contributed by atoms with Crippen LogP contribution in [0.2, 0.25) is 5.02 Å². The fourth-order valence-corrected chi connectivity index (χ4v) is 1.72. The standard InChI is InChI=1S/C11H14BrClO/c12-6-1-2-7-14-9-10-4-3-5-11(13)8-10/h3-5,8H,1-2,6-7,9H2. The van der Waals surface area contributed by atoms with Crippen LogP contribution in [0.5, 0.6) is 0 Å². The fraction of sp³-hybridized carbons (Fsp3) is 0.455. The minimum absolute atomic E-state index is 0.656. The van der Waals surface area contributed by atoms with E-state index in [-0.39, 0.29) is 0 Å². The van der Waals surface area contributed by atoms with Crippen LogP contribution in [0, 0.1) is 0 Å². The molecule has 3 heteroatoms. The van der Waals surface area contributed by atoms with Crippen LogP contribution in [0.15, 0.2) is 24.3 Å². The third kappa shape index (κ3) is 4.99. The van der Waals surface area contributed by atoms with Crippen LogP contribution >= 0.6 is 27.5 Å². The van der Waals surface area contributed by atoms with Crippen molar-refractivity contribution in [3.8, 4) is 0 Å². The van der Waals surface area contributed by atoms with Gasteiger partial charge in [0.05, 0.1) is 6.61 Å². The van der Waals surface area contributed by atoms with E-state index in [1.54, 1.807) is 0 Å². The Morgan fingerprint density at radius 2 is 2.14 bits per heavy atom. The lowest BCUT2D eigenvalue weighted by Gasteiger charge is -2.03. The molecule has 1 aromatic carbocycles. The van der Waals surface area contributed by atoms with Crippen molar-refractivity contribution in [3.05, 3.63) is 34.9 Å². The lowest BCUT2D eigenvalue weighted by atomic mass is 10.2. The predicted octanol–water partition coefficient (Wildman–Crippen LogP) is 4.03. The Hall–Kier alpha value is -0.0500. The average Bonchev–Trinajstić information content (AvgIpc) is 2.18. The zero-order valence-electron chi connectivity index (χ0n) is 8.01. The Labute approximate surface area is 98.5 Å². The van der Waals surface area contributed by atoms with Gasteiger partial charge < -0.3 is 4.74 Å². The molecular formula is C11H14BrClO. The number of rotatable bonds is 6. The van der Waals surface area contributed by atoms with Crippen LogP contribution in [0.1, 0.15) is 18.4 Å². The van der Waals surface area contributed by atoms with Crippen LogP contribution in [0.25, 0.3) is 0 Å². The molecule has 14 heavy (non-hydrogen) atoms. The number of hydrogen-bond acceptors (Lipinski definition) is 1. The van der Waals surface area contributed by atoms with E-state index in [0.29, 0.717) is 6.61 Å². The first-order valence-corrected chi connectivity index (χ1v) is 6.21. The molecule has 0 fully saturated rings. The molecular weight excluding hydrogens is 263 g/mol. The molecule has 0 N–H and O–H groups in total. The summed E-state index contributed by atoms with van der Waals surface area (Å²) in [5.41, 5.74) is 1.14. The van der Waals surface area contributed by atoms with Crippen molar-refractivity contribution in [1.82, 2.24) is 0 Å². The quantitative estimate of drug-likeness (QED) is 0.563. The lowest BCUT2D eigenvalue weighted by Crippen LogP contribution is -1.95. The van der Waals surface area contributed by atoms with Crippen molar-refractivity contribution in [2.75, 3.05) is 11.9 Å². The monoisotopic (exact) mass is 276 g/mol. The normalized spacial score (nSPS) is 10.4. The Bertz CT molecular complexity index is 265. The first-order chi connectivity index (χ1) is 6.83. The second kappa shape index (κ2) is 7.27. The van der Waals surface area contributed by atoms with Gasteiger partial charge in [-0.25, -0.2) is 0 Å². The number of benzene rings is 1. The molecule has 1 aromatic rings. The van der Waals surface area contributed by atoms with E-state index < -0.39 is 0 Å². The third-order valence-corrected chi connectivity index (χ3v) is 2.63. The molecule has 0 heterocycles. The van der Waals surface area contributed by atoms with Crippen LogP contribution in [-0.4, -0.2) is 11.9 Å². The van der Waals surface area contributed by atoms with Crippen LogP contribution in [-0.2, 0) is 11.3 Å². The predicted molar refractivity (Wildman–Crippen MR) is 64.1 cm³/mol. The molecule has 0 aliphatic carbocycles. The van der Waals surface area contributed by atoms with Crippen molar-refractivity contribution in [1.29, 1.82) is 0 Å². The van der Waals surface area contributed by atoms with Crippen LogP contribution in [0.4, 0.5) is 0 Å². The van der Waals surface area contributed by atoms with Gasteiger partial charge in [-0.1, -0.05) is 39.7 Å². The maximum absolute atomic E-state index is 5.85. The van der Waals surface area contributed by atoms with E-state index in [1.165, 1.54) is 0 Å². The highest BCUT2D eigenvalue weighted by atomic mass is 79.9. The fourth-order valence-electron chi connectivity index (χ4n) is 1.12. The Morgan fingerprint density at radius 3 is 2.86 bits per heavy atom. The number of unbranched alkanes of at least 4 members (excludes halogenated alkanes) is 1. The molecule has 0 aromatic heterocycles. The Balaban J connectivity index is 2.18. The second-order valence-corrected chi connectivity index (χ2v) is 4.31. The molecule has 0 atom stereocenters. The van der Waals surface area contributed by atoms with Gasteiger partial charge in [-0.3, -0.25) is 0 Å². The summed E-state index contributed by atoms with van der Waals surface area (Å²) in [5.74, 6) is 0. The SMILES string of the molecule is Clc1cccc(COCCCCBr)c1. The topological polar surface area (TPSA) is 9.23 Å². The highest BCUT2D eigenvalue weighted by molar-refractivity contribution is 9.09. The molecule has 0 spiro atoms. The Morgan fingerprint density at radius 1 is 1.29 bits per heavy atom. The summed E-state index contributed by atoms with van der Waals surface area (Å²) in [6.45, 7) is 1.47. The van der Waals surface area contributed by atoms with E-state index in [1.807, 2.05) is 24.3 Å². The average molecular weight is 278 g/mol. The summed E-state index contributed by atoms with van der Waals surface area (Å²) in [7, 11) is 0. The van der Waals surface area contributed by atoms with Crippen molar-refractivity contribution in [2.45, 2.75) is 19.4 Å². The maximum atomic E-state index is 5.85. The van der Waals surface area contributed by atoms with Crippen molar-refractivity contribution in [2.24, 2.45) is 0 Å². The van der Waals surface area contributed by atoms with Gasteiger partial charge in [0, 0.05) is 17.0 Å². The zero-order chi connectivity index (χ0) is 10.2. The highest BCUT2D eigenvalue weighted by Crippen LogP contribution is 2.11. The second-order valence-electron chi connectivity index (χ2n) is 3.08. The first-order valence-electron chi connectivity index (χ1n) is 4.71. The summed E-state index contributed by atoms with van der Waals surface area (Å²) in [6, 6.07) is 7.78. The Kier molecular flexibility index (Phi) is 6.24. The van der Waals surface area contributed by atoms with Gasteiger partial charge in [0.25, 0.3) is 0 Å². The van der Waals surface area contributed by atoms with Gasteiger partial charge in [0.15, 0.2) is 0 Å². The molecule has 0 bridgehead atoms. The first kappa shape index (κ1) is 12.0. The lowest BCUT2D eigenvalue weighted by molar-refractivity contribution is 0.118. The molecule has 0 saturated heterocycles. The van der Waals surface area contributed by atoms with Gasteiger partial charge in [-0.15, -0.1) is 0 Å². The number of hydrogen-bond donors (Lipinski definition) is 0. The molecule has 78 valence electrons. The summed E-state index contributed by atoms with van der Waals surface area (Å²) in [5, 5.41) is 1.82. The number of alkyl halides is 1. The third-order valence-electron chi connectivity index (χ3n) is 1.83. The van der Waals surface area contributed by atoms with E-state index >= 15 is 0 Å². The summed E-state index contributed by atoms with van der Waals surface area (Å²) >= 11 is 9.23. The van der Waals surface area contributed by atoms with Gasteiger partial charge in [0.2, 0.25) is 0 Å². The zero-order valence-corrected chi connectivity index (χ0v) is 10.4. The van der Waals surface area contributed by atoms with Crippen LogP contribution in [0.3, 0.4) is 0 Å². The summed E-state index contributed by atoms with van der Waals surface area (Å²) in [4.78, 5) is 0. The minimum atomic E-state index is 0.656. The summed E-state index contributed by atoms with van der Waals surface area (Å²) < 4.78 is 5.50. The van der Waals surface area contributed by atoms with Gasteiger partial charge in [-0.05, 0) is 30.5 Å². The van der Waals surface area contributed by atoms with E-state index in [2.05, 4.69) is 15.9 Å². The number of ether oxygens (including phenoxy) is 1. The molecule has 0 unspecified atom stereocenters. The van der Waals surface area contributed by atoms with E-state index in [0.717, 1.165) is 35.4 Å². The van der Waals surface area contributed by atoms with Gasteiger partial charge >= 0.3 is 0 Å². The van der Waals surface area contributed by atoms with Gasteiger partial charge in [0.1, 0.15) is 0 Å². The van der Waals surface area contributed by atoms with Crippen molar-refractivity contribution >= 4 is 27.5 Å². The smallest absolute Gasteiger partial charge is 0.0717 e. The van der Waals surface area contributed by atoms with Crippen molar-refractivity contribution < 1.29 is 4.74 Å². The molecule has 0 radical (unpaired) electrons.